The molecular weight excluding hydrogens is 369 g/mol. The van der Waals surface area contributed by atoms with Crippen LogP contribution in [-0.4, -0.2) is 79.9 Å². The number of rotatable bonds is 19. The van der Waals surface area contributed by atoms with Crippen molar-refractivity contribution in [2.45, 2.75) is 103 Å². The Morgan fingerprint density at radius 1 is 0.630 bits per heavy atom. The normalized spacial score (nSPS) is 12.1. The smallest absolute Gasteiger partial charge is 0.0948 e. The van der Waals surface area contributed by atoms with E-state index in [9.17, 15) is 13.0 Å². The number of nitrogens with zero attached hydrogens (tertiary/aromatic N) is 1. The number of quaternary nitrogens is 1. The van der Waals surface area contributed by atoms with Crippen LogP contribution in [0.2, 0.25) is 0 Å². The summed E-state index contributed by atoms with van der Waals surface area (Å²) >= 11 is 0. The van der Waals surface area contributed by atoms with E-state index < -0.39 is 10.1 Å². The topological polar surface area (TPSA) is 57.2 Å². The van der Waals surface area contributed by atoms with Gasteiger partial charge in [-0.2, -0.15) is 0 Å². The maximum absolute atomic E-state index is 10.7. The van der Waals surface area contributed by atoms with Crippen LogP contribution in [0.3, 0.4) is 0 Å². The predicted octanol–water partition coefficient (Wildman–Crippen LogP) is 5.10. The van der Waals surface area contributed by atoms with E-state index in [0.717, 1.165) is 17.6 Å². The first-order valence-corrected chi connectivity index (χ1v) is 12.6. The molecule has 0 aromatic carbocycles. The Labute approximate surface area is 192 Å². The van der Waals surface area contributed by atoms with Gasteiger partial charge < -0.3 is 9.04 Å². The van der Waals surface area contributed by atoms with Gasteiger partial charge in [-0.25, -0.2) is 8.42 Å². The van der Waals surface area contributed by atoms with Gasteiger partial charge in [-0.15, -0.1) is 0 Å². The summed E-state index contributed by atoms with van der Waals surface area (Å²) in [5.74, 6) is -0.229. The van der Waals surface area contributed by atoms with Crippen LogP contribution in [0.1, 0.15) is 103 Å². The van der Waals surface area contributed by atoms with Crippen molar-refractivity contribution in [2.75, 3.05) is 32.9 Å². The third kappa shape index (κ3) is 24.8. The van der Waals surface area contributed by atoms with Gasteiger partial charge in [0.2, 0.25) is 0 Å². The van der Waals surface area contributed by atoms with Gasteiger partial charge in [0.1, 0.15) is 0 Å². The van der Waals surface area contributed by atoms with E-state index in [4.69, 9.17) is 0 Å². The number of hydrogen-bond acceptors (Lipinski definition) is 3. The van der Waals surface area contributed by atoms with E-state index in [2.05, 4.69) is 21.0 Å². The third-order valence-corrected chi connectivity index (χ3v) is 6.06. The van der Waals surface area contributed by atoms with Gasteiger partial charge in [0, 0.05) is 41.7 Å². The van der Waals surface area contributed by atoms with Crippen molar-refractivity contribution in [1.82, 2.24) is 0 Å². The zero-order chi connectivity index (χ0) is 19.7. The average molecular weight is 415 g/mol. The Kier molecular flexibility index (Phi) is 21.0. The summed E-state index contributed by atoms with van der Waals surface area (Å²) in [6.45, 7) is 4.10. The monoisotopic (exact) mass is 414 g/mol. The fourth-order valence-corrected chi connectivity index (χ4v) is 4.00. The standard InChI is InChI=1S/C21H45NO3S.Na/c1-4-5-6-7-8-9-10-11-12-13-14-15-16-17-19-22(2,3)20-18-21-26(23,24)25;/h4-21H2,1-3H3;. The first kappa shape index (κ1) is 30.1. The Morgan fingerprint density at radius 3 is 1.33 bits per heavy atom. The fraction of sp³-hybridized carbons (Fsp3) is 1.00. The molecule has 0 fully saturated rings. The minimum absolute atomic E-state index is 0. The predicted molar refractivity (Wildman–Crippen MR) is 117 cm³/mol. The van der Waals surface area contributed by atoms with Crippen molar-refractivity contribution in [3.8, 4) is 0 Å². The first-order chi connectivity index (χ1) is 12.3. The van der Waals surface area contributed by atoms with Crippen LogP contribution >= 0.6 is 0 Å². The minimum atomic E-state index is -4.06. The quantitative estimate of drug-likeness (QED) is 0.128. The molecule has 0 saturated carbocycles. The minimum Gasteiger partial charge on any atom is -0.748 e. The molecule has 27 heavy (non-hydrogen) atoms. The molecule has 4 nitrogen and oxygen atoms in total. The molecule has 0 spiro atoms. The summed E-state index contributed by atoms with van der Waals surface area (Å²) in [5, 5.41) is 0. The Balaban J connectivity index is 0. The van der Waals surface area contributed by atoms with E-state index in [0.29, 0.717) is 6.42 Å². The molecule has 0 aromatic heterocycles. The number of unbranched alkanes of at least 4 members (excludes halogenated alkanes) is 13. The van der Waals surface area contributed by atoms with E-state index in [-0.39, 0.29) is 35.3 Å². The SMILES string of the molecule is CCCCCCCCCCCCCCCC[N+](C)(C)CCCS(=O)(=O)[O-].[Na]. The van der Waals surface area contributed by atoms with Crippen LogP contribution < -0.4 is 0 Å². The maximum Gasteiger partial charge on any atom is 0.0948 e. The third-order valence-electron chi connectivity index (χ3n) is 5.27. The molecule has 0 heterocycles. The van der Waals surface area contributed by atoms with Crippen LogP contribution in [0.25, 0.3) is 0 Å². The van der Waals surface area contributed by atoms with E-state index in [1.54, 1.807) is 0 Å². The van der Waals surface area contributed by atoms with Crippen molar-refractivity contribution < 1.29 is 17.5 Å². The van der Waals surface area contributed by atoms with Crippen LogP contribution in [0.5, 0.6) is 0 Å². The second-order valence-electron chi connectivity index (χ2n) is 8.59. The summed E-state index contributed by atoms with van der Waals surface area (Å²) < 4.78 is 32.8. The van der Waals surface area contributed by atoms with Crippen LogP contribution in [-0.2, 0) is 10.1 Å². The molecular formula is C21H45NNaO3S. The van der Waals surface area contributed by atoms with Gasteiger partial charge in [0.25, 0.3) is 0 Å². The Bertz CT molecular complexity index is 414. The molecule has 0 N–H and O–H groups in total. The van der Waals surface area contributed by atoms with Crippen molar-refractivity contribution in [1.29, 1.82) is 0 Å². The first-order valence-electron chi connectivity index (χ1n) is 11.0. The Hall–Kier alpha value is 0.870. The van der Waals surface area contributed by atoms with Gasteiger partial charge in [0.15, 0.2) is 0 Å². The van der Waals surface area contributed by atoms with E-state index in [1.807, 2.05) is 0 Å². The summed E-state index contributed by atoms with van der Waals surface area (Å²) in [6.07, 6.45) is 19.6. The van der Waals surface area contributed by atoms with Gasteiger partial charge in [-0.3, -0.25) is 0 Å². The second kappa shape index (κ2) is 18.9. The largest absolute Gasteiger partial charge is 0.748 e. The van der Waals surface area contributed by atoms with Crippen LogP contribution in [0.4, 0.5) is 0 Å². The van der Waals surface area contributed by atoms with Crippen LogP contribution in [0.15, 0.2) is 0 Å². The molecule has 0 aromatic rings. The van der Waals surface area contributed by atoms with Crippen molar-refractivity contribution in [3.63, 3.8) is 0 Å². The molecule has 0 aliphatic carbocycles. The molecule has 0 amide bonds. The fourth-order valence-electron chi connectivity index (χ4n) is 3.52. The summed E-state index contributed by atoms with van der Waals surface area (Å²) in [4.78, 5) is 0. The molecule has 0 rings (SSSR count). The maximum atomic E-state index is 10.7. The summed E-state index contributed by atoms with van der Waals surface area (Å²) in [6, 6.07) is 0. The molecule has 6 heteroatoms. The van der Waals surface area contributed by atoms with Crippen LogP contribution in [0, 0.1) is 0 Å². The molecule has 0 bridgehead atoms. The van der Waals surface area contributed by atoms with E-state index >= 15 is 0 Å². The van der Waals surface area contributed by atoms with Crippen molar-refractivity contribution in [2.24, 2.45) is 0 Å². The zero-order valence-corrected chi connectivity index (χ0v) is 21.6. The van der Waals surface area contributed by atoms with E-state index in [1.165, 1.54) is 89.9 Å². The van der Waals surface area contributed by atoms with Gasteiger partial charge in [0.05, 0.1) is 37.3 Å². The Morgan fingerprint density at radius 2 is 0.963 bits per heavy atom. The summed E-state index contributed by atoms with van der Waals surface area (Å²) in [5.41, 5.74) is 0. The van der Waals surface area contributed by atoms with Gasteiger partial charge >= 0.3 is 0 Å². The average Bonchev–Trinajstić information content (AvgIpc) is 2.53. The summed E-state index contributed by atoms with van der Waals surface area (Å²) in [7, 11) is 0.193. The molecule has 0 aliphatic heterocycles. The molecule has 1 radical (unpaired) electrons. The van der Waals surface area contributed by atoms with Crippen molar-refractivity contribution in [3.05, 3.63) is 0 Å². The molecule has 0 unspecified atom stereocenters. The zero-order valence-electron chi connectivity index (χ0n) is 18.8. The molecule has 0 atom stereocenters. The van der Waals surface area contributed by atoms with Gasteiger partial charge in [-0.05, 0) is 12.8 Å². The van der Waals surface area contributed by atoms with Crippen molar-refractivity contribution >= 4 is 39.7 Å². The molecule has 159 valence electrons. The van der Waals surface area contributed by atoms with Gasteiger partial charge in [-0.1, -0.05) is 84.0 Å². The second-order valence-corrected chi connectivity index (χ2v) is 10.1. The molecule has 0 aliphatic rings. The number of hydrogen-bond donors (Lipinski definition) is 0. The molecule has 0 saturated heterocycles.